The fourth-order valence-corrected chi connectivity index (χ4v) is 4.36. The quantitative estimate of drug-likeness (QED) is 0.0852. The molecule has 0 N–H and O–H groups in total. The molecule has 0 radical (unpaired) electrons. The highest BCUT2D eigenvalue weighted by atomic mass is 16.8. The lowest BCUT2D eigenvalue weighted by molar-refractivity contribution is -0.169. The molecule has 0 bridgehead atoms. The van der Waals surface area contributed by atoms with E-state index in [1.54, 1.807) is 54.5 Å². The van der Waals surface area contributed by atoms with Crippen LogP contribution in [0.4, 0.5) is 9.59 Å². The molecule has 0 aliphatic carbocycles. The number of ether oxygens (including phenoxy) is 10. The van der Waals surface area contributed by atoms with Gasteiger partial charge in [0, 0.05) is 12.8 Å². The lowest BCUT2D eigenvalue weighted by Crippen LogP contribution is -2.40. The molecule has 2 aliphatic heterocycles. The van der Waals surface area contributed by atoms with Crippen LogP contribution < -0.4 is 0 Å². The second kappa shape index (κ2) is 16.1. The van der Waals surface area contributed by atoms with E-state index >= 15 is 0 Å². The number of fused-ring (bicyclic) bond motifs is 1. The fourth-order valence-electron chi connectivity index (χ4n) is 4.36. The summed E-state index contributed by atoms with van der Waals surface area (Å²) in [5.74, 6) is -0.00832. The second-order valence-corrected chi connectivity index (χ2v) is 13.1. The molecule has 2 saturated heterocycles. The van der Waals surface area contributed by atoms with E-state index in [1.165, 1.54) is 0 Å². The average Bonchev–Trinajstić information content (AvgIpc) is 3.49. The Labute approximate surface area is 266 Å². The van der Waals surface area contributed by atoms with Crippen LogP contribution in [0.2, 0.25) is 0 Å². The van der Waals surface area contributed by atoms with Crippen molar-refractivity contribution < 1.29 is 61.8 Å². The number of hydrogen-bond donors (Lipinski definition) is 0. The van der Waals surface area contributed by atoms with Crippen LogP contribution in [0.3, 0.4) is 0 Å². The van der Waals surface area contributed by atoms with Crippen LogP contribution >= 0.6 is 0 Å². The van der Waals surface area contributed by atoms with E-state index in [0.717, 1.165) is 0 Å². The van der Waals surface area contributed by atoms with Gasteiger partial charge in [-0.1, -0.05) is 19.2 Å². The molecule has 258 valence electrons. The van der Waals surface area contributed by atoms with E-state index in [0.29, 0.717) is 25.2 Å². The van der Waals surface area contributed by atoms with Crippen molar-refractivity contribution in [1.82, 2.24) is 0 Å². The van der Waals surface area contributed by atoms with Gasteiger partial charge in [0.1, 0.15) is 41.4 Å². The standard InChI is InChI=1S/C32H52O13/c1-12-16-37-21(3)31(8,9)40-17-14-29(4,5)44-27(34)42-22-19-38-25-23(20-39-24(22)25)43-28(35)45-30(6,7)15-18-41-32(10,11)26(33)36-13-2/h12,22-25H,1,3,13-20H2,2,4-11H3. The lowest BCUT2D eigenvalue weighted by atomic mass is 10.0. The fraction of sp³-hybridized carbons (Fsp3) is 0.781. The number of hydrogen-bond acceptors (Lipinski definition) is 13. The minimum atomic E-state index is -1.13. The maximum atomic E-state index is 12.6. The van der Waals surface area contributed by atoms with Crippen molar-refractivity contribution in [3.05, 3.63) is 25.0 Å². The van der Waals surface area contributed by atoms with Crippen molar-refractivity contribution in [2.75, 3.05) is 39.6 Å². The Morgan fingerprint density at radius 1 is 0.756 bits per heavy atom. The summed E-state index contributed by atoms with van der Waals surface area (Å²) in [6, 6.07) is 0. The molecule has 13 nitrogen and oxygen atoms in total. The van der Waals surface area contributed by atoms with Gasteiger partial charge < -0.3 is 47.4 Å². The molecule has 0 aromatic heterocycles. The zero-order valence-corrected chi connectivity index (χ0v) is 28.3. The summed E-state index contributed by atoms with van der Waals surface area (Å²) in [7, 11) is 0. The topological polar surface area (TPSA) is 144 Å². The van der Waals surface area contributed by atoms with Crippen molar-refractivity contribution >= 4 is 18.3 Å². The molecule has 2 fully saturated rings. The van der Waals surface area contributed by atoms with Gasteiger partial charge in [-0.05, 0) is 62.3 Å². The monoisotopic (exact) mass is 644 g/mol. The van der Waals surface area contributed by atoms with Crippen LogP contribution in [0.1, 0.15) is 75.2 Å². The Morgan fingerprint density at radius 3 is 1.62 bits per heavy atom. The smallest absolute Gasteiger partial charge is 0.491 e. The van der Waals surface area contributed by atoms with Crippen LogP contribution in [0, 0.1) is 0 Å². The lowest BCUT2D eigenvalue weighted by Gasteiger charge is -2.30. The van der Waals surface area contributed by atoms with Gasteiger partial charge in [-0.3, -0.25) is 0 Å². The second-order valence-electron chi connectivity index (χ2n) is 13.1. The first-order chi connectivity index (χ1) is 20.8. The van der Waals surface area contributed by atoms with Gasteiger partial charge in [0.2, 0.25) is 0 Å². The van der Waals surface area contributed by atoms with Crippen LogP contribution in [0.15, 0.2) is 25.0 Å². The zero-order valence-electron chi connectivity index (χ0n) is 28.3. The van der Waals surface area contributed by atoms with E-state index in [2.05, 4.69) is 13.2 Å². The van der Waals surface area contributed by atoms with Gasteiger partial charge in [-0.15, -0.1) is 0 Å². The van der Waals surface area contributed by atoms with Crippen molar-refractivity contribution in [2.24, 2.45) is 0 Å². The highest BCUT2D eigenvalue weighted by molar-refractivity contribution is 5.78. The van der Waals surface area contributed by atoms with Gasteiger partial charge >= 0.3 is 18.3 Å². The van der Waals surface area contributed by atoms with E-state index < -0.39 is 65.1 Å². The summed E-state index contributed by atoms with van der Waals surface area (Å²) >= 11 is 0. The van der Waals surface area contributed by atoms with Gasteiger partial charge in [-0.25, -0.2) is 14.4 Å². The molecule has 13 heteroatoms. The molecular formula is C32H52O13. The molecule has 2 heterocycles. The summed E-state index contributed by atoms with van der Waals surface area (Å²) in [6.45, 7) is 24.1. The number of carbonyl (C=O) groups is 3. The van der Waals surface area contributed by atoms with Crippen LogP contribution in [0.25, 0.3) is 0 Å². The van der Waals surface area contributed by atoms with Gasteiger partial charge in [0.25, 0.3) is 0 Å². The van der Waals surface area contributed by atoms with E-state index in [1.807, 2.05) is 13.8 Å². The predicted octanol–water partition coefficient (Wildman–Crippen LogP) is 5.03. The molecular weight excluding hydrogens is 592 g/mol. The molecule has 4 atom stereocenters. The molecule has 0 spiro atoms. The maximum absolute atomic E-state index is 12.6. The summed E-state index contributed by atoms with van der Waals surface area (Å²) in [5.41, 5.74) is -3.72. The Bertz CT molecular complexity index is 1030. The van der Waals surface area contributed by atoms with Gasteiger partial charge in [-0.2, -0.15) is 0 Å². The number of esters is 1. The molecule has 2 rings (SSSR count). The molecule has 45 heavy (non-hydrogen) atoms. The average molecular weight is 645 g/mol. The summed E-state index contributed by atoms with van der Waals surface area (Å²) in [5, 5.41) is 0. The van der Waals surface area contributed by atoms with Crippen molar-refractivity contribution in [3.63, 3.8) is 0 Å². The summed E-state index contributed by atoms with van der Waals surface area (Å²) in [4.78, 5) is 37.3. The van der Waals surface area contributed by atoms with E-state index in [-0.39, 0.29) is 33.0 Å². The third kappa shape index (κ3) is 12.1. The summed E-state index contributed by atoms with van der Waals surface area (Å²) in [6.07, 6.45) is -2.28. The Kier molecular flexibility index (Phi) is 13.7. The summed E-state index contributed by atoms with van der Waals surface area (Å²) < 4.78 is 55.6. The first-order valence-electron chi connectivity index (χ1n) is 15.2. The third-order valence-electron chi connectivity index (χ3n) is 7.33. The Hall–Kier alpha value is -2.87. The van der Waals surface area contributed by atoms with Crippen LogP contribution in [0.5, 0.6) is 0 Å². The molecule has 0 aromatic rings. The normalized spacial score (nSPS) is 21.8. The molecule has 4 unspecified atom stereocenters. The van der Waals surface area contributed by atoms with Crippen LogP contribution in [-0.4, -0.2) is 105 Å². The third-order valence-corrected chi connectivity index (χ3v) is 7.33. The predicted molar refractivity (Wildman–Crippen MR) is 162 cm³/mol. The zero-order chi connectivity index (χ0) is 34.1. The minimum Gasteiger partial charge on any atom is -0.491 e. The minimum absolute atomic E-state index is 0.0387. The highest BCUT2D eigenvalue weighted by Crippen LogP contribution is 2.32. The van der Waals surface area contributed by atoms with Gasteiger partial charge in [0.15, 0.2) is 17.8 Å². The van der Waals surface area contributed by atoms with Crippen LogP contribution in [-0.2, 0) is 52.2 Å². The largest absolute Gasteiger partial charge is 0.509 e. The highest BCUT2D eigenvalue weighted by Gasteiger charge is 2.52. The maximum Gasteiger partial charge on any atom is 0.509 e. The molecule has 0 amide bonds. The number of rotatable bonds is 18. The number of carbonyl (C=O) groups excluding carboxylic acids is 3. The van der Waals surface area contributed by atoms with E-state index in [4.69, 9.17) is 47.4 Å². The Morgan fingerprint density at radius 2 is 1.20 bits per heavy atom. The van der Waals surface area contributed by atoms with Crippen molar-refractivity contribution in [3.8, 4) is 0 Å². The first-order valence-corrected chi connectivity index (χ1v) is 15.2. The van der Waals surface area contributed by atoms with Crippen molar-refractivity contribution in [1.29, 1.82) is 0 Å². The first kappa shape index (κ1) is 38.3. The molecule has 0 saturated carbocycles. The van der Waals surface area contributed by atoms with Gasteiger partial charge in [0.05, 0.1) is 33.0 Å². The van der Waals surface area contributed by atoms with E-state index in [9.17, 15) is 14.4 Å². The SMILES string of the molecule is C=CCOC(=C)C(C)(C)OCCC(C)(C)OC(=O)OC1COC2C(OC(=O)OC(C)(C)CCOC(C)(C)C(=O)OCC)COC12. The molecule has 0 aromatic carbocycles. The Balaban J connectivity index is 1.77. The molecule has 2 aliphatic rings. The van der Waals surface area contributed by atoms with Crippen molar-refractivity contribution in [2.45, 2.75) is 122 Å².